The number of fused-ring (bicyclic) bond motifs is 1. The number of allylic oxidation sites excluding steroid dienone is 2. The smallest absolute Gasteiger partial charge is 0.0988 e. The molecule has 2 atom stereocenters. The first-order chi connectivity index (χ1) is 5.40. The van der Waals surface area contributed by atoms with Crippen LogP contribution in [0.1, 0.15) is 0 Å². The van der Waals surface area contributed by atoms with Gasteiger partial charge in [0.1, 0.15) is 0 Å². The lowest BCUT2D eigenvalue weighted by Crippen LogP contribution is -2.24. The van der Waals surface area contributed by atoms with Crippen LogP contribution in [0.3, 0.4) is 0 Å². The van der Waals surface area contributed by atoms with Gasteiger partial charge in [-0.2, -0.15) is 5.26 Å². The average Bonchev–Trinajstić information content (AvgIpc) is 2.50. The van der Waals surface area contributed by atoms with Crippen molar-refractivity contribution in [3.8, 4) is 6.07 Å². The minimum atomic E-state index is 0.382. The number of nitriles is 1. The highest BCUT2D eigenvalue weighted by Crippen LogP contribution is 2.21. The summed E-state index contributed by atoms with van der Waals surface area (Å²) < 4.78 is 0. The molecule has 0 bridgehead atoms. The van der Waals surface area contributed by atoms with Gasteiger partial charge in [0.05, 0.1) is 12.1 Å². The Morgan fingerprint density at radius 3 is 3.18 bits per heavy atom. The Morgan fingerprint density at radius 2 is 2.36 bits per heavy atom. The molecule has 1 aliphatic carbocycles. The van der Waals surface area contributed by atoms with E-state index in [1.165, 1.54) is 0 Å². The van der Waals surface area contributed by atoms with Crippen molar-refractivity contribution < 1.29 is 0 Å². The van der Waals surface area contributed by atoms with E-state index >= 15 is 0 Å². The van der Waals surface area contributed by atoms with Crippen molar-refractivity contribution >= 4 is 0 Å². The summed E-state index contributed by atoms with van der Waals surface area (Å²) in [6.07, 6.45) is 9.90. The fourth-order valence-corrected chi connectivity index (χ4v) is 1.40. The number of rotatable bonds is 0. The van der Waals surface area contributed by atoms with E-state index < -0.39 is 0 Å². The molecule has 2 rings (SSSR count). The zero-order valence-electron chi connectivity index (χ0n) is 5.99. The minimum Gasteiger partial charge on any atom is -0.384 e. The van der Waals surface area contributed by atoms with Gasteiger partial charge in [0.25, 0.3) is 0 Å². The van der Waals surface area contributed by atoms with Gasteiger partial charge in [-0.15, -0.1) is 0 Å². The van der Waals surface area contributed by atoms with Crippen LogP contribution in [0, 0.1) is 17.2 Å². The van der Waals surface area contributed by atoms with Crippen LogP contribution in [-0.2, 0) is 0 Å². The molecular weight excluding hydrogens is 136 g/mol. The second-order valence-corrected chi connectivity index (χ2v) is 2.72. The quantitative estimate of drug-likeness (QED) is 0.552. The first-order valence-electron chi connectivity index (χ1n) is 3.63. The highest BCUT2D eigenvalue weighted by atomic mass is 14.9. The number of hydrogen-bond acceptors (Lipinski definition) is 2. The van der Waals surface area contributed by atoms with Crippen molar-refractivity contribution in [2.24, 2.45) is 5.92 Å². The second-order valence-electron chi connectivity index (χ2n) is 2.72. The van der Waals surface area contributed by atoms with Crippen LogP contribution in [0.15, 0.2) is 36.1 Å². The molecule has 2 heteroatoms. The van der Waals surface area contributed by atoms with E-state index in [0.717, 1.165) is 5.57 Å². The number of hydrogen-bond donors (Lipinski definition) is 1. The van der Waals surface area contributed by atoms with Crippen molar-refractivity contribution in [1.82, 2.24) is 5.32 Å². The van der Waals surface area contributed by atoms with Crippen LogP contribution in [-0.4, -0.2) is 6.04 Å². The van der Waals surface area contributed by atoms with E-state index in [1.54, 1.807) is 0 Å². The Hall–Kier alpha value is -1.49. The summed E-state index contributed by atoms with van der Waals surface area (Å²) in [5, 5.41) is 11.8. The molecule has 1 aliphatic heterocycles. The predicted octanol–water partition coefficient (Wildman–Crippen LogP) is 1.11. The fraction of sp³-hybridized carbons (Fsp3) is 0.222. The van der Waals surface area contributed by atoms with E-state index in [1.807, 2.05) is 24.4 Å². The molecule has 1 N–H and O–H groups in total. The molecule has 0 radical (unpaired) electrons. The molecule has 54 valence electrons. The highest BCUT2D eigenvalue weighted by Gasteiger charge is 2.20. The lowest BCUT2D eigenvalue weighted by molar-refractivity contribution is 0.647. The van der Waals surface area contributed by atoms with E-state index in [2.05, 4.69) is 17.5 Å². The zero-order chi connectivity index (χ0) is 7.68. The van der Waals surface area contributed by atoms with Gasteiger partial charge >= 0.3 is 0 Å². The maximum atomic E-state index is 8.60. The predicted molar refractivity (Wildman–Crippen MR) is 42.4 cm³/mol. The van der Waals surface area contributed by atoms with E-state index in [9.17, 15) is 0 Å². The largest absolute Gasteiger partial charge is 0.384 e. The van der Waals surface area contributed by atoms with E-state index in [0.29, 0.717) is 12.0 Å². The Bertz CT molecular complexity index is 291. The maximum Gasteiger partial charge on any atom is 0.0988 e. The molecule has 0 spiro atoms. The monoisotopic (exact) mass is 144 g/mol. The molecule has 0 aromatic carbocycles. The van der Waals surface area contributed by atoms with Crippen molar-refractivity contribution in [3.05, 3.63) is 36.1 Å². The Morgan fingerprint density at radius 1 is 1.45 bits per heavy atom. The summed E-state index contributed by atoms with van der Waals surface area (Å²) in [5.41, 5.74) is 0.764. The second kappa shape index (κ2) is 2.28. The molecule has 2 aliphatic rings. The van der Waals surface area contributed by atoms with Crippen molar-refractivity contribution in [2.75, 3.05) is 0 Å². The number of nitrogens with zero attached hydrogens (tertiary/aromatic N) is 1. The van der Waals surface area contributed by atoms with E-state index in [-0.39, 0.29) is 0 Å². The summed E-state index contributed by atoms with van der Waals surface area (Å²) in [6.45, 7) is 0. The van der Waals surface area contributed by atoms with Crippen LogP contribution < -0.4 is 5.32 Å². The summed E-state index contributed by atoms with van der Waals surface area (Å²) in [4.78, 5) is 0. The van der Waals surface area contributed by atoms with Crippen LogP contribution in [0.4, 0.5) is 0 Å². The Labute approximate surface area is 65.5 Å². The third kappa shape index (κ3) is 0.947. The van der Waals surface area contributed by atoms with Gasteiger partial charge in [0.15, 0.2) is 0 Å². The molecule has 0 saturated carbocycles. The summed E-state index contributed by atoms with van der Waals surface area (Å²) in [5.74, 6) is 0.384. The van der Waals surface area contributed by atoms with Crippen molar-refractivity contribution in [2.45, 2.75) is 6.04 Å². The maximum absolute atomic E-state index is 8.60. The molecule has 0 aromatic heterocycles. The van der Waals surface area contributed by atoms with Gasteiger partial charge in [0.2, 0.25) is 0 Å². The standard InChI is InChI=1S/C9H8N2/c10-6-7-1-2-9-8(5-7)3-4-11-9/h1-5,8-9,11H. The van der Waals surface area contributed by atoms with Gasteiger partial charge in [-0.25, -0.2) is 0 Å². The van der Waals surface area contributed by atoms with E-state index in [4.69, 9.17) is 5.26 Å². The Kier molecular flexibility index (Phi) is 1.29. The first-order valence-corrected chi connectivity index (χ1v) is 3.63. The lowest BCUT2D eigenvalue weighted by atomic mass is 9.94. The minimum absolute atomic E-state index is 0.382. The summed E-state index contributed by atoms with van der Waals surface area (Å²) >= 11 is 0. The topological polar surface area (TPSA) is 35.8 Å². The summed E-state index contributed by atoms with van der Waals surface area (Å²) in [7, 11) is 0. The molecule has 0 amide bonds. The van der Waals surface area contributed by atoms with Crippen molar-refractivity contribution in [3.63, 3.8) is 0 Å². The van der Waals surface area contributed by atoms with Crippen molar-refractivity contribution in [1.29, 1.82) is 5.26 Å². The summed E-state index contributed by atoms with van der Waals surface area (Å²) in [6, 6.07) is 2.51. The third-order valence-corrected chi connectivity index (χ3v) is 2.01. The van der Waals surface area contributed by atoms with Crippen LogP contribution in [0.2, 0.25) is 0 Å². The zero-order valence-corrected chi connectivity index (χ0v) is 5.99. The van der Waals surface area contributed by atoms with Gasteiger partial charge in [-0.05, 0) is 12.3 Å². The molecule has 1 heterocycles. The molecule has 0 saturated heterocycles. The Balaban J connectivity index is 2.28. The molecule has 11 heavy (non-hydrogen) atoms. The van der Waals surface area contributed by atoms with Crippen LogP contribution in [0.5, 0.6) is 0 Å². The normalized spacial score (nSPS) is 32.1. The van der Waals surface area contributed by atoms with Crippen LogP contribution in [0.25, 0.3) is 0 Å². The molecule has 2 nitrogen and oxygen atoms in total. The molecule has 2 unspecified atom stereocenters. The molecule has 0 fully saturated rings. The van der Waals surface area contributed by atoms with Gasteiger partial charge in [-0.3, -0.25) is 0 Å². The lowest BCUT2D eigenvalue weighted by Gasteiger charge is -2.15. The fourth-order valence-electron chi connectivity index (χ4n) is 1.40. The molecular formula is C9H8N2. The average molecular weight is 144 g/mol. The SMILES string of the molecule is N#CC1=CC2C=CNC2C=C1. The highest BCUT2D eigenvalue weighted by molar-refractivity contribution is 5.40. The molecule has 0 aromatic rings. The first kappa shape index (κ1) is 6.23. The van der Waals surface area contributed by atoms with Gasteiger partial charge < -0.3 is 5.32 Å². The van der Waals surface area contributed by atoms with Gasteiger partial charge in [-0.1, -0.05) is 18.2 Å². The third-order valence-electron chi connectivity index (χ3n) is 2.01. The van der Waals surface area contributed by atoms with Gasteiger partial charge in [0, 0.05) is 11.5 Å². The van der Waals surface area contributed by atoms with Crippen LogP contribution >= 0.6 is 0 Å². The number of nitrogens with one attached hydrogen (secondary N) is 1.